The van der Waals surface area contributed by atoms with Crippen LogP contribution in [-0.4, -0.2) is 27.2 Å². The van der Waals surface area contributed by atoms with Gasteiger partial charge in [0, 0.05) is 32.8 Å². The predicted molar refractivity (Wildman–Crippen MR) is 133 cm³/mol. The number of carboxylic acid groups (broad SMARTS) is 1. The highest BCUT2D eigenvalue weighted by Crippen LogP contribution is 2.27. The zero-order valence-electron chi connectivity index (χ0n) is 17.9. The molecule has 0 atom stereocenters. The second-order valence-electron chi connectivity index (χ2n) is 7.12. The van der Waals surface area contributed by atoms with Crippen LogP contribution in [-0.2, 0) is 13.2 Å². The van der Waals surface area contributed by atoms with Crippen molar-refractivity contribution in [3.63, 3.8) is 0 Å². The molecule has 4 rings (SSSR count). The number of nitrogens with zero attached hydrogens (tertiary/aromatic N) is 2. The molecule has 0 fully saturated rings. The Balaban J connectivity index is 1.56. The van der Waals surface area contributed by atoms with Gasteiger partial charge in [0.25, 0.3) is 5.91 Å². The largest absolute Gasteiger partial charge is 0.489 e. The normalized spacial score (nSPS) is 10.6. The molecule has 35 heavy (non-hydrogen) atoms. The van der Waals surface area contributed by atoms with E-state index in [1.165, 1.54) is 12.1 Å². The first-order valence-electron chi connectivity index (χ1n) is 10.1. The van der Waals surface area contributed by atoms with E-state index < -0.39 is 11.9 Å². The van der Waals surface area contributed by atoms with Gasteiger partial charge in [-0.25, -0.2) is 4.79 Å². The minimum Gasteiger partial charge on any atom is -0.489 e. The fourth-order valence-electron chi connectivity index (χ4n) is 2.95. The van der Waals surface area contributed by atoms with E-state index in [2.05, 4.69) is 15.5 Å². The summed E-state index contributed by atoms with van der Waals surface area (Å²) in [4.78, 5) is 23.9. The number of halogens is 2. The molecule has 3 aromatic carbocycles. The highest BCUT2D eigenvalue weighted by Gasteiger charge is 2.16. The van der Waals surface area contributed by atoms with Crippen LogP contribution in [0.3, 0.4) is 0 Å². The smallest absolute Gasteiger partial charge is 0.367 e. The first-order chi connectivity index (χ1) is 16.9. The summed E-state index contributed by atoms with van der Waals surface area (Å²) in [6.45, 7) is 0.347. The molecule has 0 spiro atoms. The molecule has 2 N–H and O–H groups in total. The Morgan fingerprint density at radius 3 is 1.89 bits per heavy atom. The van der Waals surface area contributed by atoms with Gasteiger partial charge < -0.3 is 14.6 Å². The highest BCUT2D eigenvalue weighted by atomic mass is 35.5. The summed E-state index contributed by atoms with van der Waals surface area (Å²) < 4.78 is 11.8. The molecule has 0 aliphatic carbocycles. The van der Waals surface area contributed by atoms with Gasteiger partial charge in [-0.15, -0.1) is 10.2 Å². The number of ether oxygens (including phenoxy) is 2. The fraction of sp³-hybridized carbons (Fsp3) is 0.0833. The zero-order valence-corrected chi connectivity index (χ0v) is 20.2. The second-order valence-corrected chi connectivity index (χ2v) is 8.92. The van der Waals surface area contributed by atoms with E-state index in [4.69, 9.17) is 37.8 Å². The average molecular weight is 530 g/mol. The van der Waals surface area contributed by atoms with E-state index in [9.17, 15) is 9.59 Å². The van der Waals surface area contributed by atoms with Crippen LogP contribution in [0.15, 0.2) is 66.7 Å². The summed E-state index contributed by atoms with van der Waals surface area (Å²) in [7, 11) is 0. The third-order valence-electron chi connectivity index (χ3n) is 4.67. The van der Waals surface area contributed by atoms with E-state index in [0.717, 1.165) is 22.5 Å². The summed E-state index contributed by atoms with van der Waals surface area (Å²) >= 11 is 13.2. The number of aromatic carboxylic acids is 1. The summed E-state index contributed by atoms with van der Waals surface area (Å²) in [5.41, 5.74) is 1.76. The average Bonchev–Trinajstić information content (AvgIpc) is 3.32. The quantitative estimate of drug-likeness (QED) is 0.275. The number of hydrogen-bond donors (Lipinski definition) is 2. The number of carbonyl (C=O) groups is 2. The van der Waals surface area contributed by atoms with Crippen molar-refractivity contribution in [3.05, 3.63) is 98.5 Å². The molecule has 4 aromatic rings. The number of rotatable bonds is 9. The maximum absolute atomic E-state index is 12.9. The molecule has 0 bridgehead atoms. The lowest BCUT2D eigenvalue weighted by atomic mass is 10.2. The van der Waals surface area contributed by atoms with Crippen molar-refractivity contribution < 1.29 is 24.2 Å². The van der Waals surface area contributed by atoms with Gasteiger partial charge in [-0.3, -0.25) is 10.1 Å². The Morgan fingerprint density at radius 1 is 0.857 bits per heavy atom. The van der Waals surface area contributed by atoms with Crippen LogP contribution in [0.2, 0.25) is 10.0 Å². The van der Waals surface area contributed by atoms with Gasteiger partial charge in [-0.1, -0.05) is 70.9 Å². The van der Waals surface area contributed by atoms with Crippen LogP contribution >= 0.6 is 34.5 Å². The summed E-state index contributed by atoms with van der Waals surface area (Å²) in [5, 5.41) is 19.7. The van der Waals surface area contributed by atoms with E-state index in [0.29, 0.717) is 21.5 Å². The van der Waals surface area contributed by atoms with Crippen LogP contribution < -0.4 is 14.8 Å². The van der Waals surface area contributed by atoms with E-state index in [1.54, 1.807) is 18.2 Å². The molecule has 0 radical (unpaired) electrons. The Hall–Kier alpha value is -3.66. The number of amides is 1. The van der Waals surface area contributed by atoms with Gasteiger partial charge in [0.15, 0.2) is 0 Å². The monoisotopic (exact) mass is 529 g/mol. The molecule has 1 amide bonds. The Labute approximate surface area is 214 Å². The molecule has 0 saturated heterocycles. The second kappa shape index (κ2) is 11.2. The summed E-state index contributed by atoms with van der Waals surface area (Å²) in [6.07, 6.45) is 0. The number of benzene rings is 3. The maximum Gasteiger partial charge on any atom is 0.367 e. The lowest BCUT2D eigenvalue weighted by molar-refractivity contribution is 0.0695. The third kappa shape index (κ3) is 6.48. The van der Waals surface area contributed by atoms with E-state index in [1.807, 2.05) is 36.4 Å². The van der Waals surface area contributed by atoms with Crippen LogP contribution in [0.25, 0.3) is 0 Å². The Morgan fingerprint density at radius 2 is 1.40 bits per heavy atom. The summed E-state index contributed by atoms with van der Waals surface area (Å²) in [5.74, 6) is -1.03. The first-order valence-corrected chi connectivity index (χ1v) is 11.7. The molecule has 1 heterocycles. The van der Waals surface area contributed by atoms with Gasteiger partial charge in [-0.05, 0) is 24.3 Å². The number of hydrogen-bond acceptors (Lipinski definition) is 7. The van der Waals surface area contributed by atoms with Crippen LogP contribution in [0.1, 0.15) is 31.3 Å². The molecule has 178 valence electrons. The van der Waals surface area contributed by atoms with Crippen LogP contribution in [0, 0.1) is 0 Å². The minimum absolute atomic E-state index is 0.0494. The van der Waals surface area contributed by atoms with Crippen LogP contribution in [0.5, 0.6) is 11.5 Å². The minimum atomic E-state index is -1.23. The van der Waals surface area contributed by atoms with Crippen molar-refractivity contribution in [2.24, 2.45) is 0 Å². The molecule has 0 aliphatic heterocycles. The number of carbonyl (C=O) groups excluding carboxylic acids is 1. The molecule has 0 saturated carbocycles. The van der Waals surface area contributed by atoms with Gasteiger partial charge >= 0.3 is 5.97 Å². The van der Waals surface area contributed by atoms with Crippen molar-refractivity contribution >= 4 is 51.5 Å². The van der Waals surface area contributed by atoms with Crippen molar-refractivity contribution in [1.29, 1.82) is 0 Å². The molecule has 1 aromatic heterocycles. The van der Waals surface area contributed by atoms with Crippen molar-refractivity contribution in [1.82, 2.24) is 10.2 Å². The topological polar surface area (TPSA) is 111 Å². The van der Waals surface area contributed by atoms with Gasteiger partial charge in [0.05, 0.1) is 0 Å². The molecule has 0 aliphatic rings. The predicted octanol–water partition coefficient (Wildman–Crippen LogP) is 5.95. The molecular formula is C24H17Cl2N3O5S. The maximum atomic E-state index is 12.9. The number of nitrogens with one attached hydrogen (secondary N) is 1. The molecule has 8 nitrogen and oxygen atoms in total. The number of carboxylic acids is 1. The Bertz CT molecular complexity index is 1310. The van der Waals surface area contributed by atoms with E-state index in [-0.39, 0.29) is 28.9 Å². The lowest BCUT2D eigenvalue weighted by Crippen LogP contribution is -2.12. The van der Waals surface area contributed by atoms with Gasteiger partial charge in [0.1, 0.15) is 24.7 Å². The highest BCUT2D eigenvalue weighted by molar-refractivity contribution is 7.17. The standard InChI is InChI=1S/C24H17Cl2N3O5S/c25-19-7-3-1-5-14(19)12-33-17-9-16(21(30)27-24-29-28-22(35-24)23(31)32)10-18(11-17)34-13-15-6-2-4-8-20(15)26/h1-11H,12-13H2,(H,31,32)(H,27,29,30). The van der Waals surface area contributed by atoms with Crippen molar-refractivity contribution in [2.75, 3.05) is 5.32 Å². The molecule has 11 heteroatoms. The fourth-order valence-corrected chi connectivity index (χ4v) is 3.91. The molecular weight excluding hydrogens is 513 g/mol. The van der Waals surface area contributed by atoms with Gasteiger partial charge in [0.2, 0.25) is 10.1 Å². The van der Waals surface area contributed by atoms with Crippen molar-refractivity contribution in [2.45, 2.75) is 13.2 Å². The number of anilines is 1. The third-order valence-corrected chi connectivity index (χ3v) is 6.24. The van der Waals surface area contributed by atoms with Crippen LogP contribution in [0.4, 0.5) is 5.13 Å². The first kappa shape index (κ1) is 24.5. The summed E-state index contributed by atoms with van der Waals surface area (Å²) in [6, 6.07) is 19.2. The Kier molecular flexibility index (Phi) is 7.81. The number of aromatic nitrogens is 2. The molecule has 0 unspecified atom stereocenters. The van der Waals surface area contributed by atoms with E-state index >= 15 is 0 Å². The lowest BCUT2D eigenvalue weighted by Gasteiger charge is -2.13. The van der Waals surface area contributed by atoms with Crippen molar-refractivity contribution in [3.8, 4) is 11.5 Å². The SMILES string of the molecule is O=C(Nc1nnc(C(=O)O)s1)c1cc(OCc2ccccc2Cl)cc(OCc2ccccc2Cl)c1. The zero-order chi connectivity index (χ0) is 24.8. The van der Waals surface area contributed by atoms with Gasteiger partial charge in [-0.2, -0.15) is 0 Å².